The van der Waals surface area contributed by atoms with Crippen LogP contribution >= 0.6 is 0 Å². The van der Waals surface area contributed by atoms with E-state index in [-0.39, 0.29) is 23.9 Å². The summed E-state index contributed by atoms with van der Waals surface area (Å²) >= 11 is 0. The normalized spacial score (nSPS) is 22.0. The predicted molar refractivity (Wildman–Crippen MR) is 118 cm³/mol. The monoisotopic (exact) mass is 402 g/mol. The van der Waals surface area contributed by atoms with Crippen LogP contribution in [0.4, 0.5) is 4.79 Å². The number of aromatic nitrogens is 1. The zero-order valence-electron chi connectivity index (χ0n) is 17.2. The van der Waals surface area contributed by atoms with Gasteiger partial charge in [-0.2, -0.15) is 4.99 Å². The van der Waals surface area contributed by atoms with Crippen LogP contribution in [-0.4, -0.2) is 64.0 Å². The highest BCUT2D eigenvalue weighted by molar-refractivity contribution is 6.12. The van der Waals surface area contributed by atoms with Gasteiger partial charge in [-0.05, 0) is 30.9 Å². The first-order chi connectivity index (χ1) is 14.7. The van der Waals surface area contributed by atoms with Gasteiger partial charge >= 0.3 is 6.03 Å². The first-order valence-electron chi connectivity index (χ1n) is 10.8. The molecular formula is C24H26N4O2. The number of nitrogens with one attached hydrogen (secondary N) is 1. The summed E-state index contributed by atoms with van der Waals surface area (Å²) in [7, 11) is 0. The van der Waals surface area contributed by atoms with Gasteiger partial charge in [0.2, 0.25) is 0 Å². The van der Waals surface area contributed by atoms with Crippen LogP contribution in [0, 0.1) is 0 Å². The van der Waals surface area contributed by atoms with Crippen molar-refractivity contribution in [1.82, 2.24) is 14.8 Å². The lowest BCUT2D eigenvalue weighted by Gasteiger charge is -2.38. The van der Waals surface area contributed by atoms with Crippen molar-refractivity contribution in [2.24, 2.45) is 4.99 Å². The number of amides is 2. The lowest BCUT2D eigenvalue weighted by Crippen LogP contribution is -2.50. The van der Waals surface area contributed by atoms with Crippen molar-refractivity contribution in [3.8, 4) is 0 Å². The quantitative estimate of drug-likeness (QED) is 0.775. The zero-order valence-corrected chi connectivity index (χ0v) is 17.2. The van der Waals surface area contributed by atoms with Crippen LogP contribution in [0.5, 0.6) is 0 Å². The van der Waals surface area contributed by atoms with Crippen LogP contribution in [0.15, 0.2) is 53.7 Å². The van der Waals surface area contributed by atoms with E-state index in [1.165, 1.54) is 5.56 Å². The summed E-state index contributed by atoms with van der Waals surface area (Å²) < 4.78 is 0. The van der Waals surface area contributed by atoms with E-state index >= 15 is 0 Å². The fraction of sp³-hybridized carbons (Fsp3) is 0.375. The Morgan fingerprint density at radius 1 is 1.23 bits per heavy atom. The second kappa shape index (κ2) is 7.69. The van der Waals surface area contributed by atoms with Crippen LogP contribution < -0.4 is 0 Å². The molecule has 1 aromatic carbocycles. The SMILES string of the molecule is CCc1cccc2c(C(=O)CN3CCC(N4C(=O)N=C5C=CC=CC54)CC3)c[nH]c12. The van der Waals surface area contributed by atoms with E-state index in [1.807, 2.05) is 47.5 Å². The Labute approximate surface area is 176 Å². The van der Waals surface area contributed by atoms with Crippen LogP contribution in [0.1, 0.15) is 35.7 Å². The van der Waals surface area contributed by atoms with Crippen molar-refractivity contribution >= 4 is 28.4 Å². The van der Waals surface area contributed by atoms with Crippen molar-refractivity contribution in [3.63, 3.8) is 0 Å². The predicted octanol–water partition coefficient (Wildman–Crippen LogP) is 3.75. The molecule has 2 aromatic rings. The van der Waals surface area contributed by atoms with E-state index in [9.17, 15) is 9.59 Å². The number of hydrogen-bond acceptors (Lipinski definition) is 3. The molecule has 30 heavy (non-hydrogen) atoms. The molecule has 0 radical (unpaired) electrons. The third-order valence-corrected chi connectivity index (χ3v) is 6.52. The Kier molecular flexibility index (Phi) is 4.87. The second-order valence-corrected chi connectivity index (χ2v) is 8.24. The fourth-order valence-corrected chi connectivity index (χ4v) is 4.92. The first kappa shape index (κ1) is 19.0. The number of fused-ring (bicyclic) bond motifs is 2. The van der Waals surface area contributed by atoms with Crippen LogP contribution in [-0.2, 0) is 6.42 Å². The molecule has 1 aromatic heterocycles. The van der Waals surface area contributed by atoms with Gasteiger partial charge in [0.05, 0.1) is 18.3 Å². The molecule has 3 heterocycles. The Hall–Kier alpha value is -2.99. The smallest absolute Gasteiger partial charge is 0.344 e. The number of allylic oxidation sites excluding steroid dienone is 2. The third-order valence-electron chi connectivity index (χ3n) is 6.52. The number of carbonyl (C=O) groups is 2. The van der Waals surface area contributed by atoms with Crippen LogP contribution in [0.3, 0.4) is 0 Å². The maximum absolute atomic E-state index is 13.0. The van der Waals surface area contributed by atoms with Crippen molar-refractivity contribution in [2.75, 3.05) is 19.6 Å². The number of Topliss-reactive ketones (excluding diaryl/α,β-unsaturated/α-hetero) is 1. The van der Waals surface area contributed by atoms with Crippen LogP contribution in [0.2, 0.25) is 0 Å². The minimum absolute atomic E-state index is 0.0281. The molecular weight excluding hydrogens is 376 g/mol. The number of nitrogens with zero attached hydrogens (tertiary/aromatic N) is 3. The van der Waals surface area contributed by atoms with Gasteiger partial charge in [-0.3, -0.25) is 9.69 Å². The molecule has 1 fully saturated rings. The average molecular weight is 402 g/mol. The minimum atomic E-state index is -0.133. The number of aromatic amines is 1. The van der Waals surface area contributed by atoms with Gasteiger partial charge in [-0.15, -0.1) is 0 Å². The van der Waals surface area contributed by atoms with E-state index in [1.54, 1.807) is 0 Å². The number of H-pyrrole nitrogens is 1. The summed E-state index contributed by atoms with van der Waals surface area (Å²) in [4.78, 5) is 37.1. The molecule has 154 valence electrons. The van der Waals surface area contributed by atoms with E-state index in [4.69, 9.17) is 0 Å². The molecule has 1 atom stereocenters. The molecule has 0 spiro atoms. The molecule has 1 aliphatic carbocycles. The lowest BCUT2D eigenvalue weighted by molar-refractivity contribution is 0.0863. The summed E-state index contributed by atoms with van der Waals surface area (Å²) in [5, 5.41) is 1.01. The number of hydrogen-bond donors (Lipinski definition) is 1. The topological polar surface area (TPSA) is 68.8 Å². The molecule has 6 nitrogen and oxygen atoms in total. The van der Waals surface area contributed by atoms with E-state index in [2.05, 4.69) is 27.9 Å². The second-order valence-electron chi connectivity index (χ2n) is 8.24. The number of likely N-dealkylation sites (tertiary alicyclic amines) is 1. The summed E-state index contributed by atoms with van der Waals surface area (Å²) in [6.07, 6.45) is 12.4. The van der Waals surface area contributed by atoms with E-state index < -0.39 is 0 Å². The summed E-state index contributed by atoms with van der Waals surface area (Å²) in [6, 6.07) is 6.16. The highest BCUT2D eigenvalue weighted by atomic mass is 16.2. The van der Waals surface area contributed by atoms with Crippen molar-refractivity contribution < 1.29 is 9.59 Å². The lowest BCUT2D eigenvalue weighted by atomic mass is 9.98. The molecule has 5 rings (SSSR count). The Morgan fingerprint density at radius 3 is 2.87 bits per heavy atom. The van der Waals surface area contributed by atoms with Gasteiger partial charge in [-0.25, -0.2) is 4.79 Å². The number of aryl methyl sites for hydroxylation is 1. The van der Waals surface area contributed by atoms with Crippen molar-refractivity contribution in [3.05, 3.63) is 59.8 Å². The third kappa shape index (κ3) is 3.21. The molecule has 1 unspecified atom stereocenters. The number of rotatable bonds is 5. The largest absolute Gasteiger partial charge is 0.360 e. The van der Waals surface area contributed by atoms with Gasteiger partial charge in [0, 0.05) is 41.8 Å². The highest BCUT2D eigenvalue weighted by Gasteiger charge is 2.38. The van der Waals surface area contributed by atoms with Gasteiger partial charge < -0.3 is 9.88 Å². The summed E-state index contributed by atoms with van der Waals surface area (Å²) in [5.41, 5.74) is 3.91. The number of aliphatic imine (C=N–C) groups is 1. The maximum Gasteiger partial charge on any atom is 0.344 e. The van der Waals surface area contributed by atoms with Gasteiger partial charge in [0.1, 0.15) is 0 Å². The standard InChI is InChI=1S/C24H26N4O2/c1-2-16-6-5-7-18-19(14-25-23(16)18)22(29)15-27-12-10-17(11-13-27)28-21-9-4-3-8-20(21)26-24(28)30/h3-9,14,17,21,25H,2,10-13,15H2,1H3. The van der Waals surface area contributed by atoms with Gasteiger partial charge in [-0.1, -0.05) is 43.4 Å². The van der Waals surface area contributed by atoms with E-state index in [0.717, 1.165) is 54.5 Å². The number of benzene rings is 1. The number of urea groups is 1. The molecule has 1 saturated heterocycles. The fourth-order valence-electron chi connectivity index (χ4n) is 4.92. The average Bonchev–Trinajstić information content (AvgIpc) is 3.34. The molecule has 1 N–H and O–H groups in total. The molecule has 3 aliphatic rings. The Morgan fingerprint density at radius 2 is 2.07 bits per heavy atom. The Bertz CT molecular complexity index is 1090. The molecule has 0 bridgehead atoms. The Balaban J connectivity index is 1.23. The molecule has 6 heteroatoms. The maximum atomic E-state index is 13.0. The molecule has 2 aliphatic heterocycles. The van der Waals surface area contributed by atoms with Crippen LogP contribution in [0.25, 0.3) is 10.9 Å². The number of carbonyl (C=O) groups excluding carboxylic acids is 2. The number of para-hydroxylation sites is 1. The molecule has 0 saturated carbocycles. The minimum Gasteiger partial charge on any atom is -0.360 e. The van der Waals surface area contributed by atoms with Gasteiger partial charge in [0.25, 0.3) is 0 Å². The van der Waals surface area contributed by atoms with E-state index in [0.29, 0.717) is 6.54 Å². The zero-order chi connectivity index (χ0) is 20.7. The van der Waals surface area contributed by atoms with Crippen molar-refractivity contribution in [2.45, 2.75) is 38.3 Å². The highest BCUT2D eigenvalue weighted by Crippen LogP contribution is 2.27. The van der Waals surface area contributed by atoms with Gasteiger partial charge in [0.15, 0.2) is 5.78 Å². The molecule has 2 amide bonds. The number of ketones is 1. The van der Waals surface area contributed by atoms with Crippen molar-refractivity contribution in [1.29, 1.82) is 0 Å². The summed E-state index contributed by atoms with van der Waals surface area (Å²) in [5.74, 6) is 0.149. The number of piperidine rings is 1. The first-order valence-corrected chi connectivity index (χ1v) is 10.8. The summed E-state index contributed by atoms with van der Waals surface area (Å²) in [6.45, 7) is 4.16.